The Balaban J connectivity index is 2.90. The van der Waals surface area contributed by atoms with Gasteiger partial charge in [0.15, 0.2) is 8.32 Å². The Morgan fingerprint density at radius 3 is 2.10 bits per heavy atom. The van der Waals surface area contributed by atoms with Crippen LogP contribution in [-0.2, 0) is 28.3 Å². The summed E-state index contributed by atoms with van der Waals surface area (Å²) < 4.78 is 16.1. The van der Waals surface area contributed by atoms with Crippen molar-refractivity contribution < 1.29 is 28.3 Å². The molecular formula is C22H39NO6Si. The van der Waals surface area contributed by atoms with Gasteiger partial charge in [-0.3, -0.25) is 4.79 Å². The van der Waals surface area contributed by atoms with Crippen LogP contribution in [0.1, 0.15) is 60.3 Å². The van der Waals surface area contributed by atoms with E-state index in [0.717, 1.165) is 31.8 Å². The molecule has 0 radical (unpaired) electrons. The van der Waals surface area contributed by atoms with Gasteiger partial charge in [0.25, 0.3) is 0 Å². The number of likely N-dealkylation sites (tertiary alicyclic amines) is 1. The van der Waals surface area contributed by atoms with Crippen LogP contribution in [0.3, 0.4) is 0 Å². The Kier molecular flexibility index (Phi) is 10.2. The molecular weight excluding hydrogens is 402 g/mol. The van der Waals surface area contributed by atoms with E-state index in [1.165, 1.54) is 0 Å². The summed E-state index contributed by atoms with van der Waals surface area (Å²) in [4.78, 5) is 39.0. The van der Waals surface area contributed by atoms with Gasteiger partial charge in [0, 0.05) is 25.3 Å². The molecule has 7 nitrogen and oxygen atoms in total. The van der Waals surface area contributed by atoms with Crippen molar-refractivity contribution in [2.75, 3.05) is 26.4 Å². The SMILES string of the molecule is CCOC(=O)C(=CC(=O)N1CCCCC1CCO[Si](C)(C)C(C)(C)C)C(=O)OCC. The van der Waals surface area contributed by atoms with E-state index in [0.29, 0.717) is 13.2 Å². The molecule has 1 aliphatic rings. The molecule has 0 aromatic carbocycles. The van der Waals surface area contributed by atoms with Crippen LogP contribution in [0.5, 0.6) is 0 Å². The third-order valence-electron chi connectivity index (χ3n) is 5.89. The lowest BCUT2D eigenvalue weighted by Crippen LogP contribution is -2.45. The average molecular weight is 442 g/mol. The first kappa shape index (κ1) is 26.4. The predicted octanol–water partition coefficient (Wildman–Crippen LogP) is 3.83. The van der Waals surface area contributed by atoms with Gasteiger partial charge in [-0.25, -0.2) is 9.59 Å². The molecule has 1 atom stereocenters. The van der Waals surface area contributed by atoms with Crippen LogP contribution in [0.4, 0.5) is 0 Å². The van der Waals surface area contributed by atoms with Gasteiger partial charge in [0.05, 0.1) is 13.2 Å². The van der Waals surface area contributed by atoms with E-state index in [9.17, 15) is 14.4 Å². The van der Waals surface area contributed by atoms with Crippen molar-refractivity contribution in [1.82, 2.24) is 4.90 Å². The van der Waals surface area contributed by atoms with Crippen LogP contribution in [0.2, 0.25) is 18.1 Å². The molecule has 0 aromatic heterocycles. The summed E-state index contributed by atoms with van der Waals surface area (Å²) in [5.74, 6) is -2.03. The zero-order chi connectivity index (χ0) is 22.9. The number of hydrogen-bond donors (Lipinski definition) is 0. The van der Waals surface area contributed by atoms with Crippen molar-refractivity contribution in [3.05, 3.63) is 11.6 Å². The Bertz CT molecular complexity index is 618. The van der Waals surface area contributed by atoms with E-state index in [1.54, 1.807) is 18.7 Å². The van der Waals surface area contributed by atoms with Crippen molar-refractivity contribution in [1.29, 1.82) is 0 Å². The molecule has 1 heterocycles. The Morgan fingerprint density at radius 2 is 1.60 bits per heavy atom. The first-order valence-electron chi connectivity index (χ1n) is 10.9. The number of carbonyl (C=O) groups is 3. The molecule has 0 spiro atoms. The van der Waals surface area contributed by atoms with Gasteiger partial charge in [-0.15, -0.1) is 0 Å². The van der Waals surface area contributed by atoms with Crippen LogP contribution in [-0.4, -0.2) is 63.5 Å². The van der Waals surface area contributed by atoms with E-state index in [2.05, 4.69) is 33.9 Å². The average Bonchev–Trinajstić information content (AvgIpc) is 2.65. The largest absolute Gasteiger partial charge is 0.462 e. The van der Waals surface area contributed by atoms with Crippen LogP contribution >= 0.6 is 0 Å². The standard InChI is InChI=1S/C22H39NO6Si/c1-8-27-20(25)18(21(26)28-9-2)16-19(24)23-14-11-10-12-17(23)13-15-29-30(6,7)22(3,4)5/h16-17H,8-15H2,1-7H3. The summed E-state index contributed by atoms with van der Waals surface area (Å²) in [5, 5.41) is 0.131. The van der Waals surface area contributed by atoms with E-state index >= 15 is 0 Å². The lowest BCUT2D eigenvalue weighted by molar-refractivity contribution is -0.147. The molecule has 30 heavy (non-hydrogen) atoms. The minimum absolute atomic E-state index is 0.0258. The van der Waals surface area contributed by atoms with Gasteiger partial charge in [-0.05, 0) is 57.7 Å². The van der Waals surface area contributed by atoms with Crippen molar-refractivity contribution in [2.24, 2.45) is 0 Å². The number of nitrogens with zero attached hydrogens (tertiary/aromatic N) is 1. The molecule has 1 amide bonds. The molecule has 1 rings (SSSR count). The highest BCUT2D eigenvalue weighted by Crippen LogP contribution is 2.36. The number of carbonyl (C=O) groups excluding carboxylic acids is 3. The highest BCUT2D eigenvalue weighted by molar-refractivity contribution is 6.74. The van der Waals surface area contributed by atoms with Gasteiger partial charge in [-0.2, -0.15) is 0 Å². The van der Waals surface area contributed by atoms with Crippen molar-refractivity contribution >= 4 is 26.2 Å². The first-order chi connectivity index (χ1) is 13.9. The Labute approximate surface area is 182 Å². The summed E-state index contributed by atoms with van der Waals surface area (Å²) in [6.07, 6.45) is 4.63. The van der Waals surface area contributed by atoms with E-state index < -0.39 is 20.3 Å². The topological polar surface area (TPSA) is 82.1 Å². The fourth-order valence-electron chi connectivity index (χ4n) is 3.08. The predicted molar refractivity (Wildman–Crippen MR) is 118 cm³/mol. The maximum Gasteiger partial charge on any atom is 0.345 e. The molecule has 172 valence electrons. The van der Waals surface area contributed by atoms with E-state index in [-0.39, 0.29) is 35.8 Å². The maximum atomic E-state index is 13.0. The number of esters is 2. The van der Waals surface area contributed by atoms with Gasteiger partial charge in [-0.1, -0.05) is 20.8 Å². The minimum atomic E-state index is -1.85. The third-order valence-corrected chi connectivity index (χ3v) is 10.4. The Morgan fingerprint density at radius 1 is 1.03 bits per heavy atom. The fraction of sp³-hybridized carbons (Fsp3) is 0.773. The quantitative estimate of drug-likeness (QED) is 0.178. The van der Waals surface area contributed by atoms with Crippen LogP contribution in [0.25, 0.3) is 0 Å². The second kappa shape index (κ2) is 11.6. The van der Waals surface area contributed by atoms with Crippen molar-refractivity contribution in [3.63, 3.8) is 0 Å². The van der Waals surface area contributed by atoms with Gasteiger partial charge in [0.2, 0.25) is 5.91 Å². The zero-order valence-corrected chi connectivity index (χ0v) is 20.7. The molecule has 8 heteroatoms. The normalized spacial score (nSPS) is 17.3. The summed E-state index contributed by atoms with van der Waals surface area (Å²) in [6.45, 7) is 15.7. The van der Waals surface area contributed by atoms with Crippen LogP contribution < -0.4 is 0 Å². The molecule has 0 aliphatic carbocycles. The molecule has 0 N–H and O–H groups in total. The Hall–Kier alpha value is -1.67. The number of rotatable bonds is 9. The summed E-state index contributed by atoms with van der Waals surface area (Å²) in [7, 11) is -1.85. The van der Waals surface area contributed by atoms with Crippen LogP contribution in [0.15, 0.2) is 11.6 Å². The third kappa shape index (κ3) is 7.54. The minimum Gasteiger partial charge on any atom is -0.462 e. The van der Waals surface area contributed by atoms with Gasteiger partial charge >= 0.3 is 11.9 Å². The van der Waals surface area contributed by atoms with Crippen molar-refractivity contribution in [2.45, 2.75) is 84.5 Å². The monoisotopic (exact) mass is 441 g/mol. The molecule has 1 saturated heterocycles. The van der Waals surface area contributed by atoms with Gasteiger partial charge < -0.3 is 18.8 Å². The second-order valence-electron chi connectivity index (χ2n) is 9.08. The summed E-state index contributed by atoms with van der Waals surface area (Å²) in [6, 6.07) is 0.0258. The molecule has 1 fully saturated rings. The smallest absolute Gasteiger partial charge is 0.345 e. The van der Waals surface area contributed by atoms with Crippen molar-refractivity contribution in [3.8, 4) is 0 Å². The molecule has 1 unspecified atom stereocenters. The van der Waals surface area contributed by atoms with Gasteiger partial charge in [0.1, 0.15) is 5.57 Å². The number of ether oxygens (including phenoxy) is 2. The molecule has 0 aromatic rings. The highest BCUT2D eigenvalue weighted by atomic mass is 28.4. The van der Waals surface area contributed by atoms with E-state index in [1.807, 2.05) is 0 Å². The molecule has 0 saturated carbocycles. The van der Waals surface area contributed by atoms with Crippen LogP contribution in [0, 0.1) is 0 Å². The molecule has 1 aliphatic heterocycles. The fourth-order valence-corrected chi connectivity index (χ4v) is 4.14. The number of amides is 1. The number of hydrogen-bond acceptors (Lipinski definition) is 6. The summed E-state index contributed by atoms with van der Waals surface area (Å²) in [5.41, 5.74) is -0.356. The van der Waals surface area contributed by atoms with E-state index in [4.69, 9.17) is 13.9 Å². The molecule has 0 bridgehead atoms. The number of piperidine rings is 1. The first-order valence-corrected chi connectivity index (χ1v) is 13.9. The second-order valence-corrected chi connectivity index (χ2v) is 13.9. The maximum absolute atomic E-state index is 13.0. The lowest BCUT2D eigenvalue weighted by atomic mass is 9.99. The highest BCUT2D eigenvalue weighted by Gasteiger charge is 2.37. The summed E-state index contributed by atoms with van der Waals surface area (Å²) >= 11 is 0. The lowest BCUT2D eigenvalue weighted by Gasteiger charge is -2.38. The zero-order valence-electron chi connectivity index (χ0n) is 19.7.